The van der Waals surface area contributed by atoms with Crippen molar-refractivity contribution in [3.05, 3.63) is 81.8 Å². The Kier molecular flexibility index (Phi) is 4.06. The summed E-state index contributed by atoms with van der Waals surface area (Å²) >= 11 is 3.54. The minimum atomic E-state index is -0.0251. The van der Waals surface area contributed by atoms with Crippen molar-refractivity contribution in [1.29, 1.82) is 0 Å². The van der Waals surface area contributed by atoms with Gasteiger partial charge in [-0.25, -0.2) is 5.43 Å². The molecule has 0 saturated heterocycles. The molecule has 2 nitrogen and oxygen atoms in total. The number of hydrogen-bond acceptors (Lipinski definition) is 2. The van der Waals surface area contributed by atoms with Gasteiger partial charge in [-0.05, 0) is 40.5 Å². The third kappa shape index (κ3) is 2.72. The lowest BCUT2D eigenvalue weighted by molar-refractivity contribution is 0.640. The van der Waals surface area contributed by atoms with Gasteiger partial charge in [0.25, 0.3) is 0 Å². The molecule has 0 heterocycles. The predicted octanol–water partition coefficient (Wildman–Crippen LogP) is 4.46. The largest absolute Gasteiger partial charge is 0.271 e. The molecule has 3 rings (SSSR count). The van der Waals surface area contributed by atoms with Gasteiger partial charge < -0.3 is 0 Å². The summed E-state index contributed by atoms with van der Waals surface area (Å²) in [5.41, 5.74) is 6.51. The normalized spacial score (nSPS) is 12.5. The zero-order chi connectivity index (χ0) is 14.8. The summed E-state index contributed by atoms with van der Waals surface area (Å²) in [4.78, 5) is 0. The number of nitrogens with two attached hydrogens (primary N) is 1. The van der Waals surface area contributed by atoms with Crippen molar-refractivity contribution >= 4 is 26.7 Å². The van der Waals surface area contributed by atoms with Gasteiger partial charge in [-0.15, -0.1) is 0 Å². The molecule has 3 aromatic rings. The highest BCUT2D eigenvalue weighted by atomic mass is 79.9. The molecule has 0 aliphatic heterocycles. The Morgan fingerprint density at radius 2 is 1.76 bits per heavy atom. The summed E-state index contributed by atoms with van der Waals surface area (Å²) < 4.78 is 1.11. The van der Waals surface area contributed by atoms with E-state index in [1.807, 2.05) is 0 Å². The SMILES string of the molecule is Cc1cc(C(NN)c2cccc3ccccc23)ccc1Br. The molecule has 1 atom stereocenters. The first kappa shape index (κ1) is 14.3. The first-order valence-corrected chi connectivity index (χ1v) is 7.70. The highest BCUT2D eigenvalue weighted by Crippen LogP contribution is 2.30. The summed E-state index contributed by atoms with van der Waals surface area (Å²) in [5, 5.41) is 2.45. The van der Waals surface area contributed by atoms with Crippen molar-refractivity contribution in [2.75, 3.05) is 0 Å². The van der Waals surface area contributed by atoms with Crippen LogP contribution in [0.2, 0.25) is 0 Å². The molecule has 21 heavy (non-hydrogen) atoms. The van der Waals surface area contributed by atoms with Crippen molar-refractivity contribution in [3.8, 4) is 0 Å². The number of halogens is 1. The summed E-state index contributed by atoms with van der Waals surface area (Å²) in [6.07, 6.45) is 0. The van der Waals surface area contributed by atoms with Crippen LogP contribution in [0.3, 0.4) is 0 Å². The number of fused-ring (bicyclic) bond motifs is 1. The minimum absolute atomic E-state index is 0.0251. The quantitative estimate of drug-likeness (QED) is 0.545. The van der Waals surface area contributed by atoms with Gasteiger partial charge in [-0.2, -0.15) is 0 Å². The average Bonchev–Trinajstić information content (AvgIpc) is 2.52. The van der Waals surface area contributed by atoms with Gasteiger partial charge in [0.2, 0.25) is 0 Å². The highest BCUT2D eigenvalue weighted by Gasteiger charge is 2.15. The van der Waals surface area contributed by atoms with Gasteiger partial charge in [0.1, 0.15) is 0 Å². The van der Waals surface area contributed by atoms with Crippen molar-refractivity contribution in [2.24, 2.45) is 5.84 Å². The van der Waals surface area contributed by atoms with E-state index in [4.69, 9.17) is 5.84 Å². The molecule has 3 aromatic carbocycles. The molecule has 0 radical (unpaired) electrons. The number of aryl methyl sites for hydroxylation is 1. The molecule has 0 amide bonds. The second-order valence-corrected chi connectivity index (χ2v) is 6.03. The maximum Gasteiger partial charge on any atom is 0.0716 e. The van der Waals surface area contributed by atoms with E-state index in [9.17, 15) is 0 Å². The topological polar surface area (TPSA) is 38.0 Å². The Hall–Kier alpha value is -1.68. The van der Waals surface area contributed by atoms with E-state index in [1.165, 1.54) is 21.9 Å². The summed E-state index contributed by atoms with van der Waals surface area (Å²) in [6.45, 7) is 2.09. The van der Waals surface area contributed by atoms with Gasteiger partial charge in [-0.3, -0.25) is 5.84 Å². The van der Waals surface area contributed by atoms with Gasteiger partial charge in [0.15, 0.2) is 0 Å². The fraction of sp³-hybridized carbons (Fsp3) is 0.111. The molecule has 3 heteroatoms. The van der Waals surface area contributed by atoms with E-state index in [-0.39, 0.29) is 6.04 Å². The molecule has 0 bridgehead atoms. The summed E-state index contributed by atoms with van der Waals surface area (Å²) in [5.74, 6) is 5.85. The Labute approximate surface area is 133 Å². The third-order valence-electron chi connectivity index (χ3n) is 3.82. The molecule has 1 unspecified atom stereocenters. The zero-order valence-corrected chi connectivity index (χ0v) is 13.4. The molecule has 0 spiro atoms. The monoisotopic (exact) mass is 340 g/mol. The van der Waals surface area contributed by atoms with E-state index in [0.29, 0.717) is 0 Å². The zero-order valence-electron chi connectivity index (χ0n) is 11.8. The van der Waals surface area contributed by atoms with Gasteiger partial charge in [0, 0.05) is 4.47 Å². The molecular formula is C18H17BrN2. The Morgan fingerprint density at radius 3 is 2.52 bits per heavy atom. The van der Waals surface area contributed by atoms with E-state index < -0.39 is 0 Å². The van der Waals surface area contributed by atoms with Crippen LogP contribution in [0.1, 0.15) is 22.7 Å². The van der Waals surface area contributed by atoms with Gasteiger partial charge in [-0.1, -0.05) is 70.5 Å². The number of nitrogens with one attached hydrogen (secondary N) is 1. The van der Waals surface area contributed by atoms with Crippen LogP contribution in [0.5, 0.6) is 0 Å². The summed E-state index contributed by atoms with van der Waals surface area (Å²) in [6, 6.07) is 21.0. The van der Waals surface area contributed by atoms with Crippen LogP contribution >= 0.6 is 15.9 Å². The lowest BCUT2D eigenvalue weighted by Crippen LogP contribution is -2.29. The molecule has 0 aliphatic carbocycles. The first-order chi connectivity index (χ1) is 10.2. The minimum Gasteiger partial charge on any atom is -0.271 e. The Bertz CT molecular complexity index is 778. The molecule has 3 N–H and O–H groups in total. The van der Waals surface area contributed by atoms with Crippen LogP contribution in [0.4, 0.5) is 0 Å². The molecule has 0 aromatic heterocycles. The number of benzene rings is 3. The molecule has 0 saturated carbocycles. The Morgan fingerprint density at radius 1 is 1.00 bits per heavy atom. The van der Waals surface area contributed by atoms with Crippen LogP contribution in [0.25, 0.3) is 10.8 Å². The van der Waals surface area contributed by atoms with Crippen LogP contribution in [-0.4, -0.2) is 0 Å². The second kappa shape index (κ2) is 5.98. The summed E-state index contributed by atoms with van der Waals surface area (Å²) in [7, 11) is 0. The lowest BCUT2D eigenvalue weighted by Gasteiger charge is -2.20. The van der Waals surface area contributed by atoms with Crippen molar-refractivity contribution < 1.29 is 0 Å². The standard InChI is InChI=1S/C18H17BrN2/c1-12-11-14(9-10-17(12)19)18(21-20)16-8-4-6-13-5-2-3-7-15(13)16/h2-11,18,21H,20H2,1H3. The molecule has 0 fully saturated rings. The number of hydrogen-bond donors (Lipinski definition) is 2. The lowest BCUT2D eigenvalue weighted by atomic mass is 9.93. The van der Waals surface area contributed by atoms with Crippen LogP contribution < -0.4 is 11.3 Å². The second-order valence-electron chi connectivity index (χ2n) is 5.18. The van der Waals surface area contributed by atoms with Crippen LogP contribution in [-0.2, 0) is 0 Å². The molecule has 106 valence electrons. The highest BCUT2D eigenvalue weighted by molar-refractivity contribution is 9.10. The third-order valence-corrected chi connectivity index (χ3v) is 4.71. The first-order valence-electron chi connectivity index (χ1n) is 6.90. The van der Waals surface area contributed by atoms with Crippen molar-refractivity contribution in [3.63, 3.8) is 0 Å². The van der Waals surface area contributed by atoms with E-state index in [2.05, 4.69) is 88.9 Å². The number of rotatable bonds is 3. The fourth-order valence-corrected chi connectivity index (χ4v) is 2.96. The van der Waals surface area contributed by atoms with Crippen LogP contribution in [0, 0.1) is 6.92 Å². The van der Waals surface area contributed by atoms with Crippen molar-refractivity contribution in [1.82, 2.24) is 5.43 Å². The predicted molar refractivity (Wildman–Crippen MR) is 92.0 cm³/mol. The molecule has 0 aliphatic rings. The maximum absolute atomic E-state index is 5.85. The van der Waals surface area contributed by atoms with E-state index in [0.717, 1.165) is 10.0 Å². The Balaban J connectivity index is 2.16. The van der Waals surface area contributed by atoms with Crippen LogP contribution in [0.15, 0.2) is 65.1 Å². The van der Waals surface area contributed by atoms with E-state index >= 15 is 0 Å². The molecular weight excluding hydrogens is 324 g/mol. The number of hydrazine groups is 1. The fourth-order valence-electron chi connectivity index (χ4n) is 2.72. The smallest absolute Gasteiger partial charge is 0.0716 e. The van der Waals surface area contributed by atoms with Gasteiger partial charge in [0.05, 0.1) is 6.04 Å². The van der Waals surface area contributed by atoms with E-state index in [1.54, 1.807) is 0 Å². The average molecular weight is 341 g/mol. The van der Waals surface area contributed by atoms with Gasteiger partial charge >= 0.3 is 0 Å². The van der Waals surface area contributed by atoms with Crippen molar-refractivity contribution in [2.45, 2.75) is 13.0 Å². The maximum atomic E-state index is 5.85.